The van der Waals surface area contributed by atoms with E-state index in [1.807, 2.05) is 32.0 Å². The zero-order chi connectivity index (χ0) is 13.0. The second-order valence-electron chi connectivity index (χ2n) is 3.89. The third-order valence-corrected chi connectivity index (χ3v) is 2.51. The molecule has 17 heavy (non-hydrogen) atoms. The number of carbonyl (C=O) groups is 2. The molecular formula is C12H15ClN2O2. The van der Waals surface area contributed by atoms with E-state index < -0.39 is 11.9 Å². The molecule has 0 spiro atoms. The van der Waals surface area contributed by atoms with E-state index in [4.69, 9.17) is 11.6 Å². The van der Waals surface area contributed by atoms with Crippen LogP contribution in [0.15, 0.2) is 18.2 Å². The van der Waals surface area contributed by atoms with Crippen LogP contribution in [-0.4, -0.2) is 24.9 Å². The van der Waals surface area contributed by atoms with Gasteiger partial charge in [0.05, 0.1) is 0 Å². The third kappa shape index (κ3) is 3.75. The van der Waals surface area contributed by atoms with E-state index >= 15 is 0 Å². The minimum absolute atomic E-state index is 0.230. The number of carbonyl (C=O) groups excluding carboxylic acids is 2. The van der Waals surface area contributed by atoms with Gasteiger partial charge in [-0.1, -0.05) is 6.07 Å². The molecule has 0 aliphatic carbocycles. The molecule has 0 radical (unpaired) electrons. The van der Waals surface area contributed by atoms with Crippen LogP contribution in [0, 0.1) is 13.8 Å². The quantitative estimate of drug-likeness (QED) is 0.823. The Morgan fingerprint density at radius 3 is 2.24 bits per heavy atom. The molecule has 1 rings (SSSR count). The molecule has 0 bridgehead atoms. The standard InChI is InChI=1S/C12H15ClN2O2/c1-8-4-9(2)6-10(5-8)15(3)12(17)14-11(16)7-13/h4-6H,7H2,1-3H3,(H,14,16,17). The first-order valence-electron chi connectivity index (χ1n) is 5.16. The van der Waals surface area contributed by atoms with E-state index in [2.05, 4.69) is 5.32 Å². The first-order chi connectivity index (χ1) is 7.93. The summed E-state index contributed by atoms with van der Waals surface area (Å²) in [6.07, 6.45) is 0. The smallest absolute Gasteiger partial charge is 0.297 e. The van der Waals surface area contributed by atoms with Crippen molar-refractivity contribution in [1.29, 1.82) is 0 Å². The van der Waals surface area contributed by atoms with Crippen LogP contribution >= 0.6 is 11.6 Å². The lowest BCUT2D eigenvalue weighted by atomic mass is 10.1. The summed E-state index contributed by atoms with van der Waals surface area (Å²) in [5.74, 6) is -0.736. The van der Waals surface area contributed by atoms with Gasteiger partial charge in [-0.15, -0.1) is 11.6 Å². The minimum atomic E-state index is -0.507. The summed E-state index contributed by atoms with van der Waals surface area (Å²) < 4.78 is 0. The van der Waals surface area contributed by atoms with Gasteiger partial charge in [-0.3, -0.25) is 15.0 Å². The minimum Gasteiger partial charge on any atom is -0.297 e. The van der Waals surface area contributed by atoms with Gasteiger partial charge >= 0.3 is 6.03 Å². The number of nitrogens with one attached hydrogen (secondary N) is 1. The molecular weight excluding hydrogens is 240 g/mol. The van der Waals surface area contributed by atoms with Crippen LogP contribution in [0.4, 0.5) is 10.5 Å². The second-order valence-corrected chi connectivity index (χ2v) is 4.16. The first-order valence-corrected chi connectivity index (χ1v) is 5.69. The molecule has 0 unspecified atom stereocenters. The summed E-state index contributed by atoms with van der Waals surface area (Å²) in [5, 5.41) is 2.18. The van der Waals surface area contributed by atoms with E-state index in [-0.39, 0.29) is 5.88 Å². The summed E-state index contributed by atoms with van der Waals surface area (Å²) in [6, 6.07) is 5.27. The Morgan fingerprint density at radius 1 is 1.24 bits per heavy atom. The van der Waals surface area contributed by atoms with Gasteiger partial charge in [0, 0.05) is 12.7 Å². The van der Waals surface area contributed by atoms with Gasteiger partial charge in [-0.2, -0.15) is 0 Å². The Bertz CT molecular complexity index is 426. The number of anilines is 1. The highest BCUT2D eigenvalue weighted by molar-refractivity contribution is 6.28. The molecule has 0 aromatic heterocycles. The maximum atomic E-state index is 11.7. The molecule has 5 heteroatoms. The lowest BCUT2D eigenvalue weighted by Crippen LogP contribution is -2.41. The van der Waals surface area contributed by atoms with Crippen molar-refractivity contribution in [2.45, 2.75) is 13.8 Å². The van der Waals surface area contributed by atoms with E-state index in [9.17, 15) is 9.59 Å². The Labute approximate surface area is 106 Å². The zero-order valence-electron chi connectivity index (χ0n) is 10.1. The van der Waals surface area contributed by atoms with Crippen LogP contribution in [0.5, 0.6) is 0 Å². The highest BCUT2D eigenvalue weighted by atomic mass is 35.5. The van der Waals surface area contributed by atoms with Gasteiger partial charge in [-0.25, -0.2) is 4.79 Å². The lowest BCUT2D eigenvalue weighted by Gasteiger charge is -2.18. The fourth-order valence-electron chi connectivity index (χ4n) is 1.50. The van der Waals surface area contributed by atoms with Crippen molar-refractivity contribution in [2.75, 3.05) is 17.8 Å². The SMILES string of the molecule is Cc1cc(C)cc(N(C)C(=O)NC(=O)CCl)c1. The highest BCUT2D eigenvalue weighted by Crippen LogP contribution is 2.17. The van der Waals surface area contributed by atoms with Crippen LogP contribution in [0.1, 0.15) is 11.1 Å². The summed E-state index contributed by atoms with van der Waals surface area (Å²) in [6.45, 7) is 3.90. The van der Waals surface area contributed by atoms with Crippen LogP contribution < -0.4 is 10.2 Å². The average molecular weight is 255 g/mol. The van der Waals surface area contributed by atoms with Crippen molar-refractivity contribution in [1.82, 2.24) is 5.32 Å². The van der Waals surface area contributed by atoms with Gasteiger partial charge in [0.25, 0.3) is 0 Å². The third-order valence-electron chi connectivity index (χ3n) is 2.27. The number of imide groups is 1. The van der Waals surface area contributed by atoms with Crippen molar-refractivity contribution < 1.29 is 9.59 Å². The number of rotatable bonds is 2. The molecule has 0 atom stereocenters. The van der Waals surface area contributed by atoms with Crippen LogP contribution in [0.3, 0.4) is 0 Å². The molecule has 4 nitrogen and oxygen atoms in total. The number of urea groups is 1. The maximum absolute atomic E-state index is 11.7. The van der Waals surface area contributed by atoms with Gasteiger partial charge < -0.3 is 0 Å². The van der Waals surface area contributed by atoms with Crippen molar-refractivity contribution in [3.05, 3.63) is 29.3 Å². The monoisotopic (exact) mass is 254 g/mol. The van der Waals surface area contributed by atoms with Crippen molar-refractivity contribution in [3.63, 3.8) is 0 Å². The second kappa shape index (κ2) is 5.68. The predicted octanol–water partition coefficient (Wildman–Crippen LogP) is 2.21. The predicted molar refractivity (Wildman–Crippen MR) is 68.6 cm³/mol. The Hall–Kier alpha value is -1.55. The summed E-state index contributed by atoms with van der Waals surface area (Å²) in [4.78, 5) is 24.1. The number of nitrogens with zero attached hydrogens (tertiary/aromatic N) is 1. The first kappa shape index (κ1) is 13.5. The molecule has 0 aliphatic heterocycles. The number of benzene rings is 1. The van der Waals surface area contributed by atoms with Gasteiger partial charge in [0.1, 0.15) is 5.88 Å². The van der Waals surface area contributed by atoms with Crippen molar-refractivity contribution >= 4 is 29.2 Å². The molecule has 0 saturated heterocycles. The Balaban J connectivity index is 2.84. The molecule has 3 amide bonds. The normalized spacial score (nSPS) is 9.88. The molecule has 0 saturated carbocycles. The summed E-state index contributed by atoms with van der Waals surface area (Å²) in [7, 11) is 1.60. The topological polar surface area (TPSA) is 49.4 Å². The summed E-state index contributed by atoms with van der Waals surface area (Å²) in [5.41, 5.74) is 2.86. The zero-order valence-corrected chi connectivity index (χ0v) is 10.8. The number of alkyl halides is 1. The van der Waals surface area contributed by atoms with Crippen molar-refractivity contribution in [2.24, 2.45) is 0 Å². The van der Waals surface area contributed by atoms with E-state index in [0.717, 1.165) is 16.8 Å². The number of halogens is 1. The van der Waals surface area contributed by atoms with E-state index in [0.29, 0.717) is 0 Å². The highest BCUT2D eigenvalue weighted by Gasteiger charge is 2.13. The number of amides is 3. The largest absolute Gasteiger partial charge is 0.328 e. The summed E-state index contributed by atoms with van der Waals surface area (Å²) >= 11 is 5.31. The fourth-order valence-corrected chi connectivity index (χ4v) is 1.56. The number of hydrogen-bond donors (Lipinski definition) is 1. The van der Waals surface area contributed by atoms with Gasteiger partial charge in [0.2, 0.25) is 5.91 Å². The molecule has 1 aromatic rings. The van der Waals surface area contributed by atoms with Crippen LogP contribution in [-0.2, 0) is 4.79 Å². The maximum Gasteiger partial charge on any atom is 0.328 e. The van der Waals surface area contributed by atoms with Crippen LogP contribution in [0.2, 0.25) is 0 Å². The Kier molecular flexibility index (Phi) is 4.52. The molecule has 1 aromatic carbocycles. The average Bonchev–Trinajstić information content (AvgIpc) is 2.26. The van der Waals surface area contributed by atoms with Crippen molar-refractivity contribution in [3.8, 4) is 0 Å². The fraction of sp³-hybridized carbons (Fsp3) is 0.333. The van der Waals surface area contributed by atoms with Crippen LogP contribution in [0.25, 0.3) is 0 Å². The molecule has 0 heterocycles. The Morgan fingerprint density at radius 2 is 1.76 bits per heavy atom. The lowest BCUT2D eigenvalue weighted by molar-refractivity contribution is -0.117. The van der Waals surface area contributed by atoms with E-state index in [1.165, 1.54) is 4.90 Å². The molecule has 0 aliphatic rings. The molecule has 0 fully saturated rings. The van der Waals surface area contributed by atoms with E-state index in [1.54, 1.807) is 7.05 Å². The van der Waals surface area contributed by atoms with Gasteiger partial charge in [0.15, 0.2) is 0 Å². The number of hydrogen-bond acceptors (Lipinski definition) is 2. The molecule has 1 N–H and O–H groups in total. The van der Waals surface area contributed by atoms with Gasteiger partial charge in [-0.05, 0) is 37.1 Å². The number of aryl methyl sites for hydroxylation is 2. The molecule has 92 valence electrons.